The quantitative estimate of drug-likeness (QED) is 0.771. The monoisotopic (exact) mass is 293 g/mol. The summed E-state index contributed by atoms with van der Waals surface area (Å²) in [5, 5.41) is 17.0. The number of aromatic carboxylic acids is 1. The first-order valence-electron chi connectivity index (χ1n) is 6.86. The molecule has 3 aromatic rings. The maximum Gasteiger partial charge on any atom is 0.337 e. The van der Waals surface area contributed by atoms with Gasteiger partial charge in [-0.1, -0.05) is 30.3 Å². The molecule has 5 heteroatoms. The Bertz CT molecular complexity index is 810. The number of carbonyl (C=O) groups is 1. The van der Waals surface area contributed by atoms with Gasteiger partial charge in [0, 0.05) is 11.8 Å². The third-order valence-electron chi connectivity index (χ3n) is 3.24. The van der Waals surface area contributed by atoms with E-state index in [1.54, 1.807) is 28.9 Å². The van der Waals surface area contributed by atoms with Crippen LogP contribution in [-0.4, -0.2) is 20.9 Å². The van der Waals surface area contributed by atoms with Crippen molar-refractivity contribution in [2.45, 2.75) is 6.92 Å². The lowest BCUT2D eigenvalue weighted by atomic mass is 10.2. The van der Waals surface area contributed by atoms with E-state index in [0.29, 0.717) is 5.69 Å². The molecule has 0 saturated carbocycles. The van der Waals surface area contributed by atoms with Crippen LogP contribution in [0.4, 0.5) is 11.5 Å². The summed E-state index contributed by atoms with van der Waals surface area (Å²) >= 11 is 0. The van der Waals surface area contributed by atoms with Crippen LogP contribution in [0.2, 0.25) is 0 Å². The Morgan fingerprint density at radius 2 is 1.77 bits per heavy atom. The molecule has 0 fully saturated rings. The van der Waals surface area contributed by atoms with Crippen molar-refractivity contribution in [1.29, 1.82) is 0 Å². The van der Waals surface area contributed by atoms with Gasteiger partial charge in [0.2, 0.25) is 0 Å². The Kier molecular flexibility index (Phi) is 3.62. The molecule has 3 rings (SSSR count). The van der Waals surface area contributed by atoms with Crippen molar-refractivity contribution in [2.24, 2.45) is 0 Å². The largest absolute Gasteiger partial charge is 0.478 e. The highest BCUT2D eigenvalue weighted by Crippen LogP contribution is 2.23. The zero-order valence-corrected chi connectivity index (χ0v) is 12.0. The minimum Gasteiger partial charge on any atom is -0.478 e. The molecule has 0 unspecified atom stereocenters. The van der Waals surface area contributed by atoms with E-state index in [1.165, 1.54) is 0 Å². The summed E-state index contributed by atoms with van der Waals surface area (Å²) in [7, 11) is 0. The Labute approximate surface area is 127 Å². The normalized spacial score (nSPS) is 10.4. The lowest BCUT2D eigenvalue weighted by Crippen LogP contribution is -2.08. The van der Waals surface area contributed by atoms with E-state index in [2.05, 4.69) is 10.4 Å². The van der Waals surface area contributed by atoms with E-state index in [-0.39, 0.29) is 5.56 Å². The van der Waals surface area contributed by atoms with Crippen molar-refractivity contribution in [2.75, 3.05) is 5.32 Å². The van der Waals surface area contributed by atoms with Gasteiger partial charge in [0.15, 0.2) is 0 Å². The summed E-state index contributed by atoms with van der Waals surface area (Å²) in [4.78, 5) is 11.4. The summed E-state index contributed by atoms with van der Waals surface area (Å²) in [5.74, 6) is -0.258. The molecule has 1 aromatic heterocycles. The second kappa shape index (κ2) is 5.73. The number of para-hydroxylation sites is 2. The fraction of sp³-hybridized carbons (Fsp3) is 0.0588. The first-order valence-corrected chi connectivity index (χ1v) is 6.86. The van der Waals surface area contributed by atoms with Crippen LogP contribution in [0.5, 0.6) is 0 Å². The third kappa shape index (κ3) is 2.69. The highest BCUT2D eigenvalue weighted by Gasteiger charge is 2.15. The molecule has 0 aliphatic heterocycles. The molecule has 0 saturated heterocycles. The van der Waals surface area contributed by atoms with Crippen LogP contribution >= 0.6 is 0 Å². The second-order valence-electron chi connectivity index (χ2n) is 4.90. The number of rotatable bonds is 4. The standard InChI is InChI=1S/C17H15N3O2/c1-12-11-16(18-13-7-3-2-4-8-13)20(19-12)15-10-6-5-9-14(15)17(21)22/h2-11,18H,1H3,(H,21,22). The van der Waals surface area contributed by atoms with Crippen molar-refractivity contribution in [3.8, 4) is 5.69 Å². The van der Waals surface area contributed by atoms with Crippen LogP contribution in [0.3, 0.4) is 0 Å². The molecule has 0 aliphatic rings. The summed E-state index contributed by atoms with van der Waals surface area (Å²) in [6, 6.07) is 18.4. The van der Waals surface area contributed by atoms with Crippen LogP contribution in [0.25, 0.3) is 5.69 Å². The van der Waals surface area contributed by atoms with Gasteiger partial charge in [-0.2, -0.15) is 5.10 Å². The highest BCUT2D eigenvalue weighted by atomic mass is 16.4. The molecule has 0 amide bonds. The fourth-order valence-electron chi connectivity index (χ4n) is 2.28. The number of carboxylic acid groups (broad SMARTS) is 1. The minimum atomic E-state index is -0.977. The number of carboxylic acids is 1. The first kappa shape index (κ1) is 13.9. The lowest BCUT2D eigenvalue weighted by Gasteiger charge is -2.11. The third-order valence-corrected chi connectivity index (χ3v) is 3.24. The highest BCUT2D eigenvalue weighted by molar-refractivity contribution is 5.92. The number of hydrogen-bond donors (Lipinski definition) is 2. The van der Waals surface area contributed by atoms with Gasteiger partial charge in [-0.25, -0.2) is 9.48 Å². The molecule has 110 valence electrons. The predicted octanol–water partition coefficient (Wildman–Crippen LogP) is 3.62. The maximum absolute atomic E-state index is 11.4. The predicted molar refractivity (Wildman–Crippen MR) is 85.0 cm³/mol. The maximum atomic E-state index is 11.4. The molecule has 1 heterocycles. The van der Waals surface area contributed by atoms with Crippen molar-refractivity contribution in [3.63, 3.8) is 0 Å². The summed E-state index contributed by atoms with van der Waals surface area (Å²) in [6.45, 7) is 1.87. The fourth-order valence-corrected chi connectivity index (χ4v) is 2.28. The van der Waals surface area contributed by atoms with E-state index >= 15 is 0 Å². The van der Waals surface area contributed by atoms with E-state index in [9.17, 15) is 9.90 Å². The van der Waals surface area contributed by atoms with Crippen molar-refractivity contribution >= 4 is 17.5 Å². The van der Waals surface area contributed by atoms with E-state index in [4.69, 9.17) is 0 Å². The average Bonchev–Trinajstić information content (AvgIpc) is 2.88. The lowest BCUT2D eigenvalue weighted by molar-refractivity contribution is 0.0697. The van der Waals surface area contributed by atoms with E-state index in [1.807, 2.05) is 43.3 Å². The molecular formula is C17H15N3O2. The molecule has 2 N–H and O–H groups in total. The van der Waals surface area contributed by atoms with Crippen LogP contribution < -0.4 is 5.32 Å². The smallest absolute Gasteiger partial charge is 0.337 e. The Morgan fingerprint density at radius 1 is 1.09 bits per heavy atom. The SMILES string of the molecule is Cc1cc(Nc2ccccc2)n(-c2ccccc2C(=O)O)n1. The van der Waals surface area contributed by atoms with Gasteiger partial charge >= 0.3 is 5.97 Å². The molecule has 5 nitrogen and oxygen atoms in total. The van der Waals surface area contributed by atoms with Gasteiger partial charge in [0.05, 0.1) is 16.9 Å². The number of aryl methyl sites for hydroxylation is 1. The van der Waals surface area contributed by atoms with Crippen LogP contribution in [0.15, 0.2) is 60.7 Å². The number of hydrogen-bond acceptors (Lipinski definition) is 3. The molecule has 0 atom stereocenters. The van der Waals surface area contributed by atoms with Gasteiger partial charge in [-0.3, -0.25) is 0 Å². The van der Waals surface area contributed by atoms with Crippen molar-refractivity contribution in [3.05, 3.63) is 71.9 Å². The van der Waals surface area contributed by atoms with Gasteiger partial charge in [0.1, 0.15) is 5.82 Å². The van der Waals surface area contributed by atoms with Crippen molar-refractivity contribution in [1.82, 2.24) is 9.78 Å². The molecule has 22 heavy (non-hydrogen) atoms. The molecular weight excluding hydrogens is 278 g/mol. The van der Waals surface area contributed by atoms with Gasteiger partial charge in [-0.15, -0.1) is 0 Å². The molecule has 0 radical (unpaired) electrons. The van der Waals surface area contributed by atoms with E-state index < -0.39 is 5.97 Å². The zero-order chi connectivity index (χ0) is 15.5. The number of nitrogens with zero attached hydrogens (tertiary/aromatic N) is 2. The average molecular weight is 293 g/mol. The Hall–Kier alpha value is -3.08. The topological polar surface area (TPSA) is 67.2 Å². The molecule has 0 bridgehead atoms. The summed E-state index contributed by atoms with van der Waals surface area (Å²) in [6.07, 6.45) is 0. The zero-order valence-electron chi connectivity index (χ0n) is 12.0. The van der Waals surface area contributed by atoms with Crippen LogP contribution in [0.1, 0.15) is 16.1 Å². The number of anilines is 2. The van der Waals surface area contributed by atoms with E-state index in [0.717, 1.165) is 17.2 Å². The van der Waals surface area contributed by atoms with Gasteiger partial charge in [0.25, 0.3) is 0 Å². The van der Waals surface area contributed by atoms with Crippen LogP contribution in [-0.2, 0) is 0 Å². The Morgan fingerprint density at radius 3 is 2.50 bits per heavy atom. The minimum absolute atomic E-state index is 0.210. The Balaban J connectivity index is 2.07. The van der Waals surface area contributed by atoms with Crippen molar-refractivity contribution < 1.29 is 9.90 Å². The second-order valence-corrected chi connectivity index (χ2v) is 4.90. The van der Waals surface area contributed by atoms with Gasteiger partial charge in [-0.05, 0) is 31.2 Å². The summed E-state index contributed by atoms with van der Waals surface area (Å²) in [5.41, 5.74) is 2.46. The molecule has 0 spiro atoms. The van der Waals surface area contributed by atoms with Crippen LogP contribution in [0, 0.1) is 6.92 Å². The molecule has 2 aromatic carbocycles. The summed E-state index contributed by atoms with van der Waals surface area (Å²) < 4.78 is 1.62. The number of aromatic nitrogens is 2. The number of nitrogens with one attached hydrogen (secondary N) is 1. The first-order chi connectivity index (χ1) is 10.6. The molecule has 0 aliphatic carbocycles. The number of benzene rings is 2. The van der Waals surface area contributed by atoms with Gasteiger partial charge < -0.3 is 10.4 Å².